The molecule has 1 aliphatic carbocycles. The quantitative estimate of drug-likeness (QED) is 0.369. The third-order valence-electron chi connectivity index (χ3n) is 3.85. The first-order valence-corrected chi connectivity index (χ1v) is 13.8. The van der Waals surface area contributed by atoms with E-state index in [0.717, 1.165) is 11.1 Å². The Bertz CT molecular complexity index is 739. The van der Waals surface area contributed by atoms with E-state index in [4.69, 9.17) is 0 Å². The maximum absolute atomic E-state index is 11.0. The number of allylic oxidation sites excluding steroid dienone is 6. The molecule has 0 heterocycles. The average Bonchev–Trinajstić information content (AvgIpc) is 3.21. The second-order valence-electron chi connectivity index (χ2n) is 6.06. The summed E-state index contributed by atoms with van der Waals surface area (Å²) >= 11 is -0.238. The molecule has 0 amide bonds. The molecule has 144 valence electrons. The average molecular weight is 539 g/mol. The second-order valence-corrected chi connectivity index (χ2v) is 12.2. The normalized spacial score (nSPS) is 11.1. The fourth-order valence-electron chi connectivity index (χ4n) is 2.46. The maximum atomic E-state index is 11.0. The minimum atomic E-state index is -0.238. The molecule has 1 aliphatic rings. The second kappa shape index (κ2) is 14.9. The minimum absolute atomic E-state index is 0.0994. The molecule has 0 saturated carbocycles. The van der Waals surface area contributed by atoms with E-state index in [1.54, 1.807) is 39.7 Å². The molecule has 0 fully saturated rings. The van der Waals surface area contributed by atoms with Crippen LogP contribution < -0.4 is 10.2 Å². The molecule has 0 spiro atoms. The molecule has 0 saturated heterocycles. The molecule has 3 heteroatoms. The Morgan fingerprint density at radius 3 is 1.75 bits per heavy atom. The van der Waals surface area contributed by atoms with Crippen molar-refractivity contribution in [2.24, 2.45) is 0 Å². The monoisotopic (exact) mass is 540 g/mol. The molecule has 0 atom stereocenters. The van der Waals surface area contributed by atoms with Crippen molar-refractivity contribution >= 4 is 0 Å². The Morgan fingerprint density at radius 1 is 0.893 bits per heavy atom. The van der Waals surface area contributed by atoms with Gasteiger partial charge in [-0.2, -0.15) is 0 Å². The molecule has 0 aliphatic heterocycles. The molecular formula is C25H28HfO2. The van der Waals surface area contributed by atoms with Gasteiger partial charge in [-0.3, -0.25) is 0 Å². The molecule has 0 N–H and O–H groups in total. The fraction of sp³-hybridized carbons (Fsp3) is 0.200. The van der Waals surface area contributed by atoms with E-state index in [1.807, 2.05) is 24.3 Å². The van der Waals surface area contributed by atoms with Crippen LogP contribution in [0.4, 0.5) is 0 Å². The van der Waals surface area contributed by atoms with Crippen LogP contribution in [-0.4, -0.2) is 0 Å². The van der Waals surface area contributed by atoms with Crippen LogP contribution in [0.3, 0.4) is 0 Å². The number of para-hydroxylation sites is 2. The Hall–Kier alpha value is -2.13. The third kappa shape index (κ3) is 9.70. The van der Waals surface area contributed by atoms with Gasteiger partial charge in [0.2, 0.25) is 0 Å². The van der Waals surface area contributed by atoms with Crippen LogP contribution in [0.25, 0.3) is 0 Å². The van der Waals surface area contributed by atoms with Crippen molar-refractivity contribution in [3.05, 3.63) is 107 Å². The van der Waals surface area contributed by atoms with Crippen molar-refractivity contribution in [3.63, 3.8) is 0 Å². The van der Waals surface area contributed by atoms with Crippen LogP contribution in [0, 0.1) is 0 Å². The first-order valence-electron chi connectivity index (χ1n) is 9.43. The van der Waals surface area contributed by atoms with Crippen LogP contribution in [0.1, 0.15) is 24.5 Å². The van der Waals surface area contributed by atoms with E-state index < -0.39 is 0 Å². The topological polar surface area (TPSA) is 46.1 Å². The fourth-order valence-corrected chi connectivity index (χ4v) is 5.80. The SMILES string of the molecule is C=CCc1ccccc1[O-].C=CCc1ccccc1[O-].C[CH2][Hf+2][C]1=CC=CC1. The van der Waals surface area contributed by atoms with Crippen molar-refractivity contribution in [1.82, 2.24) is 0 Å². The van der Waals surface area contributed by atoms with Gasteiger partial charge < -0.3 is 10.2 Å². The molecule has 3 rings (SSSR count). The summed E-state index contributed by atoms with van der Waals surface area (Å²) in [5.74, 6) is 0.199. The van der Waals surface area contributed by atoms with E-state index in [-0.39, 0.29) is 34.4 Å². The summed E-state index contributed by atoms with van der Waals surface area (Å²) in [7, 11) is 0. The first kappa shape index (κ1) is 23.9. The number of benzene rings is 2. The van der Waals surface area contributed by atoms with Crippen LogP contribution in [-0.2, 0) is 35.7 Å². The third-order valence-corrected chi connectivity index (χ3v) is 8.08. The van der Waals surface area contributed by atoms with Gasteiger partial charge in [-0.05, 0) is 12.8 Å². The Morgan fingerprint density at radius 2 is 1.39 bits per heavy atom. The Kier molecular flexibility index (Phi) is 12.7. The van der Waals surface area contributed by atoms with Gasteiger partial charge in [0.05, 0.1) is 0 Å². The van der Waals surface area contributed by atoms with Crippen molar-refractivity contribution in [1.29, 1.82) is 0 Å². The van der Waals surface area contributed by atoms with E-state index in [9.17, 15) is 10.2 Å². The molecule has 2 aromatic carbocycles. The zero-order valence-electron chi connectivity index (χ0n) is 16.6. The summed E-state index contributed by atoms with van der Waals surface area (Å²) in [6.07, 6.45) is 12.9. The summed E-state index contributed by atoms with van der Waals surface area (Å²) in [5, 5.41) is 21.9. The van der Waals surface area contributed by atoms with Crippen molar-refractivity contribution in [3.8, 4) is 11.5 Å². The van der Waals surface area contributed by atoms with Crippen molar-refractivity contribution < 1.29 is 33.1 Å². The van der Waals surface area contributed by atoms with Gasteiger partial charge in [0.1, 0.15) is 0 Å². The summed E-state index contributed by atoms with van der Waals surface area (Å²) in [6, 6.07) is 14.0. The zero-order valence-corrected chi connectivity index (χ0v) is 20.2. The van der Waals surface area contributed by atoms with Gasteiger partial charge in [0.15, 0.2) is 0 Å². The number of rotatable bonds is 6. The van der Waals surface area contributed by atoms with Crippen LogP contribution in [0.5, 0.6) is 11.5 Å². The van der Waals surface area contributed by atoms with E-state index in [0.29, 0.717) is 12.8 Å². The first-order chi connectivity index (χ1) is 13.6. The van der Waals surface area contributed by atoms with E-state index in [1.165, 1.54) is 10.6 Å². The molecule has 28 heavy (non-hydrogen) atoms. The predicted octanol–water partition coefficient (Wildman–Crippen LogP) is 5.33. The molecule has 2 aromatic rings. The molecule has 0 bridgehead atoms. The van der Waals surface area contributed by atoms with Crippen LogP contribution >= 0.6 is 0 Å². The van der Waals surface area contributed by atoms with Gasteiger partial charge in [-0.15, -0.1) is 24.7 Å². The van der Waals surface area contributed by atoms with Crippen molar-refractivity contribution in [2.75, 3.05) is 0 Å². The summed E-state index contributed by atoms with van der Waals surface area (Å²) in [6.45, 7) is 9.42. The standard InChI is InChI=1S/2C9H10O.C5H5.C2H5.Hf/c2*1-2-5-8-6-3-4-7-9(8)10;1-2-4-5-3-1;1-2;/h2*2-4,6-7,10H,1,5H2;1-3H,4H2;1H2,2H3;/q;;;;+2/p-2. The molecule has 0 aromatic heterocycles. The van der Waals surface area contributed by atoms with Gasteiger partial charge in [0, 0.05) is 0 Å². The summed E-state index contributed by atoms with van der Waals surface area (Å²) in [5.41, 5.74) is 1.63. The number of hydrogen-bond acceptors (Lipinski definition) is 2. The van der Waals surface area contributed by atoms with Gasteiger partial charge in [0.25, 0.3) is 0 Å². The Labute approximate surface area is 181 Å². The molecule has 0 unspecified atom stereocenters. The molecule has 0 radical (unpaired) electrons. The van der Waals surface area contributed by atoms with Crippen molar-refractivity contribution in [2.45, 2.75) is 30.4 Å². The van der Waals surface area contributed by atoms with Gasteiger partial charge in [-0.25, -0.2) is 0 Å². The van der Waals surface area contributed by atoms with Gasteiger partial charge in [-0.1, -0.05) is 71.8 Å². The summed E-state index contributed by atoms with van der Waals surface area (Å²) in [4.78, 5) is 0. The molecule has 2 nitrogen and oxygen atoms in total. The van der Waals surface area contributed by atoms with Crippen LogP contribution in [0.2, 0.25) is 4.18 Å². The van der Waals surface area contributed by atoms with Crippen LogP contribution in [0.15, 0.2) is 95.4 Å². The van der Waals surface area contributed by atoms with Gasteiger partial charge >= 0.3 is 62.0 Å². The predicted molar refractivity (Wildman–Crippen MR) is 112 cm³/mol. The zero-order chi connectivity index (χ0) is 20.6. The number of hydrogen-bond donors (Lipinski definition) is 0. The van der Waals surface area contributed by atoms with E-state index in [2.05, 4.69) is 38.3 Å². The Balaban J connectivity index is 0.000000212. The molecular weight excluding hydrogens is 511 g/mol. The summed E-state index contributed by atoms with van der Waals surface area (Å²) < 4.78 is 3.26. The van der Waals surface area contributed by atoms with E-state index >= 15 is 0 Å².